The summed E-state index contributed by atoms with van der Waals surface area (Å²) in [5.41, 5.74) is 1.12. The third-order valence-corrected chi connectivity index (χ3v) is 5.90. The molecule has 2 unspecified atom stereocenters. The summed E-state index contributed by atoms with van der Waals surface area (Å²) in [7, 11) is 0. The molecule has 0 bridgehead atoms. The maximum Gasteiger partial charge on any atom is 0.408 e. The second kappa shape index (κ2) is 11.4. The summed E-state index contributed by atoms with van der Waals surface area (Å²) >= 11 is 0. The molecule has 0 saturated carbocycles. The fraction of sp³-hybridized carbons (Fsp3) is 0.444. The van der Waals surface area contributed by atoms with Crippen LogP contribution in [-0.2, 0) is 25.7 Å². The van der Waals surface area contributed by atoms with Crippen molar-refractivity contribution < 1.29 is 29.0 Å². The first-order chi connectivity index (χ1) is 16.5. The van der Waals surface area contributed by atoms with Crippen LogP contribution in [0.25, 0.3) is 0 Å². The van der Waals surface area contributed by atoms with Crippen LogP contribution < -0.4 is 5.32 Å². The van der Waals surface area contributed by atoms with Crippen LogP contribution in [0.2, 0.25) is 0 Å². The van der Waals surface area contributed by atoms with Crippen molar-refractivity contribution in [2.24, 2.45) is 0 Å². The number of aliphatic carboxylic acids is 1. The zero-order valence-corrected chi connectivity index (χ0v) is 20.6. The van der Waals surface area contributed by atoms with Crippen molar-refractivity contribution in [3.05, 3.63) is 71.8 Å². The lowest BCUT2D eigenvalue weighted by atomic mass is 9.96. The Morgan fingerprint density at radius 3 is 2.23 bits per heavy atom. The first-order valence-electron chi connectivity index (χ1n) is 11.8. The van der Waals surface area contributed by atoms with Crippen molar-refractivity contribution in [2.75, 3.05) is 6.54 Å². The molecule has 1 saturated heterocycles. The lowest BCUT2D eigenvalue weighted by molar-refractivity contribution is -0.150. The van der Waals surface area contributed by atoms with Gasteiger partial charge in [-0.2, -0.15) is 0 Å². The third-order valence-electron chi connectivity index (χ3n) is 5.90. The van der Waals surface area contributed by atoms with Crippen LogP contribution in [0.4, 0.5) is 4.79 Å². The summed E-state index contributed by atoms with van der Waals surface area (Å²) in [6, 6.07) is 16.9. The lowest BCUT2D eigenvalue weighted by Crippen LogP contribution is -2.57. The zero-order chi connectivity index (χ0) is 25.6. The van der Waals surface area contributed by atoms with Crippen LogP contribution in [0.5, 0.6) is 0 Å². The number of rotatable bonds is 8. The number of nitrogens with one attached hydrogen (secondary N) is 1. The van der Waals surface area contributed by atoms with Gasteiger partial charge in [0.15, 0.2) is 0 Å². The molecule has 2 amide bonds. The van der Waals surface area contributed by atoms with Crippen molar-refractivity contribution in [2.45, 2.75) is 70.4 Å². The van der Waals surface area contributed by atoms with Crippen molar-refractivity contribution in [3.8, 4) is 0 Å². The monoisotopic (exact) mass is 482 g/mol. The normalized spacial score (nSPS) is 19.6. The summed E-state index contributed by atoms with van der Waals surface area (Å²) in [6.07, 6.45) is -1.21. The van der Waals surface area contributed by atoms with E-state index in [0.717, 1.165) is 11.1 Å². The van der Waals surface area contributed by atoms with Gasteiger partial charge in [-0.05, 0) is 45.2 Å². The molecule has 3 rings (SSSR count). The number of alkyl carbamates (subject to hydrolysis) is 1. The molecule has 35 heavy (non-hydrogen) atoms. The van der Waals surface area contributed by atoms with Crippen molar-refractivity contribution in [3.63, 3.8) is 0 Å². The van der Waals surface area contributed by atoms with E-state index in [9.17, 15) is 19.5 Å². The molecule has 8 nitrogen and oxygen atoms in total. The van der Waals surface area contributed by atoms with Crippen molar-refractivity contribution in [1.82, 2.24) is 10.2 Å². The molecule has 1 heterocycles. The molecule has 0 spiro atoms. The molecule has 1 aliphatic rings. The van der Waals surface area contributed by atoms with Gasteiger partial charge in [0.05, 0.1) is 12.7 Å². The number of carboxylic acids is 1. The number of amides is 2. The standard InChI is InChI=1S/C27H34N2O6/c1-18(34-17-19-11-7-5-8-12-19)23(28-26(33)35-27(2,3)4)24(30)29-16-21(15-22(29)25(31)32)20-13-9-6-10-14-20/h5-14,18,21-23H,15-17H2,1-4H3,(H,28,33)(H,31,32)/t18?,21-,22-,23?/m1/s1. The van der Waals surface area contributed by atoms with Gasteiger partial charge in [-0.15, -0.1) is 0 Å². The molecule has 2 aromatic carbocycles. The number of carboxylic acid groups (broad SMARTS) is 1. The van der Waals surface area contributed by atoms with E-state index in [4.69, 9.17) is 9.47 Å². The van der Waals surface area contributed by atoms with Crippen LogP contribution in [0.1, 0.15) is 51.2 Å². The number of nitrogens with zero attached hydrogens (tertiary/aromatic N) is 1. The second-order valence-corrected chi connectivity index (χ2v) is 9.81. The Morgan fingerprint density at radius 1 is 1.06 bits per heavy atom. The number of likely N-dealkylation sites (tertiary alicyclic amines) is 1. The van der Waals surface area contributed by atoms with Gasteiger partial charge in [0, 0.05) is 12.5 Å². The number of hydrogen-bond acceptors (Lipinski definition) is 5. The largest absolute Gasteiger partial charge is 0.480 e. The molecule has 2 aromatic rings. The maximum absolute atomic E-state index is 13.7. The molecule has 0 aliphatic carbocycles. The van der Waals surface area contributed by atoms with E-state index in [1.54, 1.807) is 27.7 Å². The summed E-state index contributed by atoms with van der Waals surface area (Å²) in [5, 5.41) is 12.5. The summed E-state index contributed by atoms with van der Waals surface area (Å²) < 4.78 is 11.3. The number of carbonyl (C=O) groups is 3. The van der Waals surface area contributed by atoms with Crippen LogP contribution in [-0.4, -0.2) is 58.3 Å². The Balaban J connectivity index is 1.81. The average Bonchev–Trinajstić information content (AvgIpc) is 3.27. The van der Waals surface area contributed by atoms with Gasteiger partial charge < -0.3 is 24.8 Å². The highest BCUT2D eigenvalue weighted by Gasteiger charge is 2.44. The molecule has 4 atom stereocenters. The zero-order valence-electron chi connectivity index (χ0n) is 20.6. The smallest absolute Gasteiger partial charge is 0.408 e. The van der Waals surface area contributed by atoms with Crippen LogP contribution in [0.15, 0.2) is 60.7 Å². The highest BCUT2D eigenvalue weighted by molar-refractivity contribution is 5.90. The van der Waals surface area contributed by atoms with Gasteiger partial charge in [-0.3, -0.25) is 4.79 Å². The van der Waals surface area contributed by atoms with E-state index in [-0.39, 0.29) is 19.1 Å². The lowest BCUT2D eigenvalue weighted by Gasteiger charge is -2.31. The van der Waals surface area contributed by atoms with E-state index in [0.29, 0.717) is 6.42 Å². The summed E-state index contributed by atoms with van der Waals surface area (Å²) in [4.78, 5) is 39.7. The Hall–Kier alpha value is -3.39. The highest BCUT2D eigenvalue weighted by atomic mass is 16.6. The highest BCUT2D eigenvalue weighted by Crippen LogP contribution is 2.32. The molecule has 0 aromatic heterocycles. The Bertz CT molecular complexity index is 1010. The first kappa shape index (κ1) is 26.2. The minimum Gasteiger partial charge on any atom is -0.480 e. The van der Waals surface area contributed by atoms with Gasteiger partial charge in [-0.25, -0.2) is 9.59 Å². The predicted octanol–water partition coefficient (Wildman–Crippen LogP) is 3.95. The quantitative estimate of drug-likeness (QED) is 0.590. The number of carbonyl (C=O) groups excluding carboxylic acids is 2. The number of hydrogen-bond donors (Lipinski definition) is 2. The van der Waals surface area contributed by atoms with Crippen molar-refractivity contribution >= 4 is 18.0 Å². The molecule has 1 fully saturated rings. The molecule has 2 N–H and O–H groups in total. The topological polar surface area (TPSA) is 105 Å². The van der Waals surface area contributed by atoms with E-state index >= 15 is 0 Å². The van der Waals surface area contributed by atoms with E-state index in [2.05, 4.69) is 5.32 Å². The van der Waals surface area contributed by atoms with Gasteiger partial charge in [0.25, 0.3) is 0 Å². The van der Waals surface area contributed by atoms with Crippen LogP contribution >= 0.6 is 0 Å². The second-order valence-electron chi connectivity index (χ2n) is 9.81. The Morgan fingerprint density at radius 2 is 1.66 bits per heavy atom. The third kappa shape index (κ3) is 7.29. The first-order valence-corrected chi connectivity index (χ1v) is 11.8. The molecule has 0 radical (unpaired) electrons. The van der Waals surface area contributed by atoms with E-state index < -0.39 is 41.8 Å². The minimum atomic E-state index is -1.12. The maximum atomic E-state index is 13.7. The fourth-order valence-electron chi connectivity index (χ4n) is 4.17. The number of ether oxygens (including phenoxy) is 2. The van der Waals surface area contributed by atoms with E-state index in [1.807, 2.05) is 60.7 Å². The SMILES string of the molecule is CC(OCc1ccccc1)C(NC(=O)OC(C)(C)C)C(=O)N1C[C@H](c2ccccc2)C[C@@H]1C(=O)O. The van der Waals surface area contributed by atoms with Crippen LogP contribution in [0.3, 0.4) is 0 Å². The van der Waals surface area contributed by atoms with Crippen molar-refractivity contribution in [1.29, 1.82) is 0 Å². The molecule has 8 heteroatoms. The molecule has 188 valence electrons. The van der Waals surface area contributed by atoms with Gasteiger partial charge in [0.1, 0.15) is 17.7 Å². The van der Waals surface area contributed by atoms with Gasteiger partial charge >= 0.3 is 12.1 Å². The van der Waals surface area contributed by atoms with E-state index in [1.165, 1.54) is 4.90 Å². The number of benzene rings is 2. The Kier molecular flexibility index (Phi) is 8.51. The average molecular weight is 483 g/mol. The fourth-order valence-corrected chi connectivity index (χ4v) is 4.17. The summed E-state index contributed by atoms with van der Waals surface area (Å²) in [6.45, 7) is 7.33. The molecular weight excluding hydrogens is 448 g/mol. The van der Waals surface area contributed by atoms with Gasteiger partial charge in [0.2, 0.25) is 5.91 Å². The minimum absolute atomic E-state index is 0.121. The molecule has 1 aliphatic heterocycles. The summed E-state index contributed by atoms with van der Waals surface area (Å²) in [5.74, 6) is -1.71. The Labute approximate surface area is 206 Å². The van der Waals surface area contributed by atoms with Crippen LogP contribution in [0, 0.1) is 0 Å². The van der Waals surface area contributed by atoms with Gasteiger partial charge in [-0.1, -0.05) is 60.7 Å². The molecular formula is C27H34N2O6. The predicted molar refractivity (Wildman–Crippen MR) is 131 cm³/mol.